The van der Waals surface area contributed by atoms with Gasteiger partial charge in [-0.2, -0.15) is 9.78 Å². The number of benzene rings is 2. The second kappa shape index (κ2) is 9.41. The summed E-state index contributed by atoms with van der Waals surface area (Å²) < 4.78 is 8.12. The number of ether oxygens (including phenoxy) is 1. The summed E-state index contributed by atoms with van der Waals surface area (Å²) in [5.74, 6) is 1.89. The molecule has 5 nitrogen and oxygen atoms in total. The van der Waals surface area contributed by atoms with Gasteiger partial charge < -0.3 is 10.1 Å². The molecule has 1 aromatic heterocycles. The molecule has 0 aliphatic rings. The lowest BCUT2D eigenvalue weighted by Crippen LogP contribution is -2.27. The largest absolute Gasteiger partial charge is 0.439 e. The van der Waals surface area contributed by atoms with Crippen LogP contribution < -0.4 is 10.1 Å². The first-order chi connectivity index (χ1) is 14.0. The lowest BCUT2D eigenvalue weighted by Gasteiger charge is -2.13. The average Bonchev–Trinajstić information content (AvgIpc) is 3.01. The number of carbonyl (C=O) groups is 1. The Morgan fingerprint density at radius 2 is 1.76 bits per heavy atom. The van der Waals surface area contributed by atoms with Gasteiger partial charge in [-0.05, 0) is 49.9 Å². The number of rotatable bonds is 8. The number of para-hydroxylation sites is 2. The van der Waals surface area contributed by atoms with Gasteiger partial charge in [-0.25, -0.2) is 0 Å². The zero-order chi connectivity index (χ0) is 20.8. The molecule has 0 bridgehead atoms. The summed E-state index contributed by atoms with van der Waals surface area (Å²) in [5, 5.41) is 7.73. The molecule has 152 valence electrons. The minimum Gasteiger partial charge on any atom is -0.439 e. The lowest BCUT2D eigenvalue weighted by molar-refractivity contribution is -0.121. The van der Waals surface area contributed by atoms with Crippen LogP contribution in [0.5, 0.6) is 11.6 Å². The van der Waals surface area contributed by atoms with Crippen LogP contribution in [0.4, 0.5) is 0 Å². The maximum Gasteiger partial charge on any atom is 0.226 e. The van der Waals surface area contributed by atoms with E-state index in [0.29, 0.717) is 31.2 Å². The van der Waals surface area contributed by atoms with E-state index in [0.717, 1.165) is 28.3 Å². The predicted octanol–water partition coefficient (Wildman–Crippen LogP) is 4.99. The van der Waals surface area contributed by atoms with Crippen LogP contribution in [0.25, 0.3) is 5.69 Å². The number of aryl methyl sites for hydroxylation is 2. The number of hydrogen-bond acceptors (Lipinski definition) is 3. The molecule has 1 N–H and O–H groups in total. The molecule has 5 heteroatoms. The molecule has 0 fully saturated rings. The van der Waals surface area contributed by atoms with Gasteiger partial charge in [-0.1, -0.05) is 50.2 Å². The van der Waals surface area contributed by atoms with Crippen molar-refractivity contribution in [3.8, 4) is 17.3 Å². The molecule has 0 aliphatic heterocycles. The normalized spacial score (nSPS) is 10.9. The molecular formula is C24H29N3O2. The quantitative estimate of drug-likeness (QED) is 0.589. The number of aromatic nitrogens is 2. The minimum absolute atomic E-state index is 0.0485. The van der Waals surface area contributed by atoms with E-state index in [1.807, 2.05) is 60.1 Å². The summed E-state index contributed by atoms with van der Waals surface area (Å²) in [5.41, 5.74) is 3.90. The lowest BCUT2D eigenvalue weighted by atomic mass is 10.1. The molecule has 0 saturated carbocycles. The Morgan fingerprint density at radius 3 is 2.45 bits per heavy atom. The topological polar surface area (TPSA) is 56.2 Å². The van der Waals surface area contributed by atoms with Gasteiger partial charge in [-0.3, -0.25) is 4.79 Å². The SMILES string of the molecule is Cc1ccccc1-n1nc(C)c(CCC(=O)NCC(C)C)c1Oc1ccccc1. The molecule has 0 spiro atoms. The molecule has 0 atom stereocenters. The van der Waals surface area contributed by atoms with E-state index < -0.39 is 0 Å². The molecule has 0 aliphatic carbocycles. The van der Waals surface area contributed by atoms with Crippen molar-refractivity contribution in [2.45, 2.75) is 40.5 Å². The third kappa shape index (κ3) is 5.25. The van der Waals surface area contributed by atoms with Gasteiger partial charge in [0.15, 0.2) is 0 Å². The molecule has 3 rings (SSSR count). The molecular weight excluding hydrogens is 362 g/mol. The fourth-order valence-corrected chi connectivity index (χ4v) is 3.14. The molecule has 0 unspecified atom stereocenters. The summed E-state index contributed by atoms with van der Waals surface area (Å²) in [6.45, 7) is 8.88. The molecule has 29 heavy (non-hydrogen) atoms. The van der Waals surface area contributed by atoms with Crippen LogP contribution in [0.15, 0.2) is 54.6 Å². The Bertz CT molecular complexity index is 962. The zero-order valence-corrected chi connectivity index (χ0v) is 17.6. The molecule has 0 saturated heterocycles. The van der Waals surface area contributed by atoms with Crippen molar-refractivity contribution >= 4 is 5.91 Å². The predicted molar refractivity (Wildman–Crippen MR) is 116 cm³/mol. The zero-order valence-electron chi connectivity index (χ0n) is 17.6. The Kier molecular flexibility index (Phi) is 6.70. The Balaban J connectivity index is 1.92. The molecule has 2 aromatic carbocycles. The van der Waals surface area contributed by atoms with Crippen LogP contribution in [0.1, 0.15) is 37.1 Å². The third-order valence-corrected chi connectivity index (χ3v) is 4.75. The Labute approximate surface area is 172 Å². The van der Waals surface area contributed by atoms with Gasteiger partial charge in [0.25, 0.3) is 0 Å². The first-order valence-electron chi connectivity index (χ1n) is 10.1. The summed E-state index contributed by atoms with van der Waals surface area (Å²) in [7, 11) is 0. The third-order valence-electron chi connectivity index (χ3n) is 4.75. The van der Waals surface area contributed by atoms with Crippen molar-refractivity contribution < 1.29 is 9.53 Å². The van der Waals surface area contributed by atoms with Crippen LogP contribution in [-0.4, -0.2) is 22.2 Å². The highest BCUT2D eigenvalue weighted by molar-refractivity contribution is 5.76. The van der Waals surface area contributed by atoms with E-state index in [4.69, 9.17) is 9.84 Å². The number of nitrogens with one attached hydrogen (secondary N) is 1. The van der Waals surface area contributed by atoms with Crippen LogP contribution in [0, 0.1) is 19.8 Å². The van der Waals surface area contributed by atoms with E-state index in [1.165, 1.54) is 0 Å². The van der Waals surface area contributed by atoms with E-state index >= 15 is 0 Å². The van der Waals surface area contributed by atoms with Gasteiger partial charge in [0.2, 0.25) is 11.8 Å². The Morgan fingerprint density at radius 1 is 1.07 bits per heavy atom. The van der Waals surface area contributed by atoms with Gasteiger partial charge >= 0.3 is 0 Å². The number of carbonyl (C=O) groups excluding carboxylic acids is 1. The van der Waals surface area contributed by atoms with E-state index in [1.54, 1.807) is 0 Å². The minimum atomic E-state index is 0.0485. The molecule has 1 amide bonds. The van der Waals surface area contributed by atoms with Crippen molar-refractivity contribution in [1.29, 1.82) is 0 Å². The maximum absolute atomic E-state index is 12.3. The summed E-state index contributed by atoms with van der Waals surface area (Å²) in [4.78, 5) is 12.3. The van der Waals surface area contributed by atoms with Gasteiger partial charge in [0.05, 0.1) is 11.4 Å². The second-order valence-electron chi connectivity index (χ2n) is 7.68. The van der Waals surface area contributed by atoms with E-state index in [-0.39, 0.29) is 5.91 Å². The molecule has 0 radical (unpaired) electrons. The summed E-state index contributed by atoms with van der Waals surface area (Å²) in [6.07, 6.45) is 0.974. The van der Waals surface area contributed by atoms with Crippen LogP contribution >= 0.6 is 0 Å². The highest BCUT2D eigenvalue weighted by atomic mass is 16.5. The van der Waals surface area contributed by atoms with Crippen molar-refractivity contribution in [3.63, 3.8) is 0 Å². The van der Waals surface area contributed by atoms with Crippen molar-refractivity contribution in [1.82, 2.24) is 15.1 Å². The standard InChI is InChI=1S/C24H29N3O2/c1-17(2)16-25-23(28)15-14-21-19(4)26-27(22-13-9-8-10-18(22)3)24(21)29-20-11-6-5-7-12-20/h5-13,17H,14-16H2,1-4H3,(H,25,28). The summed E-state index contributed by atoms with van der Waals surface area (Å²) >= 11 is 0. The fourth-order valence-electron chi connectivity index (χ4n) is 3.14. The van der Waals surface area contributed by atoms with Crippen LogP contribution in [-0.2, 0) is 11.2 Å². The number of nitrogens with zero attached hydrogens (tertiary/aromatic N) is 2. The van der Waals surface area contributed by atoms with Gasteiger partial charge in [0, 0.05) is 18.5 Å². The van der Waals surface area contributed by atoms with E-state index in [9.17, 15) is 4.79 Å². The average molecular weight is 392 g/mol. The fraction of sp³-hybridized carbons (Fsp3) is 0.333. The highest BCUT2D eigenvalue weighted by Gasteiger charge is 2.20. The Hall–Kier alpha value is -3.08. The second-order valence-corrected chi connectivity index (χ2v) is 7.68. The van der Waals surface area contributed by atoms with Crippen molar-refractivity contribution in [2.75, 3.05) is 6.54 Å². The van der Waals surface area contributed by atoms with Crippen LogP contribution in [0.3, 0.4) is 0 Å². The summed E-state index contributed by atoms with van der Waals surface area (Å²) in [6, 6.07) is 17.8. The smallest absolute Gasteiger partial charge is 0.226 e. The number of amides is 1. The number of hydrogen-bond donors (Lipinski definition) is 1. The first kappa shape index (κ1) is 20.6. The maximum atomic E-state index is 12.3. The molecule has 1 heterocycles. The van der Waals surface area contributed by atoms with Gasteiger partial charge in [-0.15, -0.1) is 0 Å². The molecule has 3 aromatic rings. The van der Waals surface area contributed by atoms with Crippen molar-refractivity contribution in [2.24, 2.45) is 5.92 Å². The van der Waals surface area contributed by atoms with Crippen LogP contribution in [0.2, 0.25) is 0 Å². The first-order valence-corrected chi connectivity index (χ1v) is 10.1. The van der Waals surface area contributed by atoms with Crippen molar-refractivity contribution in [3.05, 3.63) is 71.4 Å². The van der Waals surface area contributed by atoms with E-state index in [2.05, 4.69) is 32.2 Å². The van der Waals surface area contributed by atoms with Gasteiger partial charge in [0.1, 0.15) is 5.75 Å². The monoisotopic (exact) mass is 391 g/mol. The highest BCUT2D eigenvalue weighted by Crippen LogP contribution is 2.32.